The zero-order valence-electron chi connectivity index (χ0n) is 11.2. The Hall–Kier alpha value is -1.07. The summed E-state index contributed by atoms with van der Waals surface area (Å²) in [5.74, 6) is 0.634. The topological polar surface area (TPSA) is 64.3 Å². The Morgan fingerprint density at radius 1 is 1.47 bits per heavy atom. The normalized spacial score (nSPS) is 10.3. The first-order valence-corrected chi connectivity index (χ1v) is 7.34. The van der Waals surface area contributed by atoms with Gasteiger partial charge in [0.05, 0.1) is 0 Å². The van der Waals surface area contributed by atoms with Gasteiger partial charge in [0.15, 0.2) is 6.61 Å². The van der Waals surface area contributed by atoms with Crippen LogP contribution in [0.1, 0.15) is 25.3 Å². The highest BCUT2D eigenvalue weighted by Crippen LogP contribution is 2.23. The number of carbonyl (C=O) groups excluding carboxylic acids is 1. The number of rotatable bonds is 8. The summed E-state index contributed by atoms with van der Waals surface area (Å²) < 4.78 is 6.53. The summed E-state index contributed by atoms with van der Waals surface area (Å²) in [6.07, 6.45) is 2.78. The zero-order chi connectivity index (χ0) is 14.1. The van der Waals surface area contributed by atoms with Gasteiger partial charge in [-0.3, -0.25) is 4.79 Å². The van der Waals surface area contributed by atoms with Crippen LogP contribution in [0.25, 0.3) is 0 Å². The molecule has 4 nitrogen and oxygen atoms in total. The highest BCUT2D eigenvalue weighted by Gasteiger charge is 2.07. The molecule has 0 fully saturated rings. The van der Waals surface area contributed by atoms with Gasteiger partial charge in [0.25, 0.3) is 5.91 Å². The maximum atomic E-state index is 11.6. The molecule has 1 aromatic carbocycles. The summed E-state index contributed by atoms with van der Waals surface area (Å²) in [4.78, 5) is 11.6. The molecular formula is C14H21BrN2O2. The van der Waals surface area contributed by atoms with Crippen molar-refractivity contribution in [2.75, 3.05) is 19.7 Å². The van der Waals surface area contributed by atoms with E-state index >= 15 is 0 Å². The van der Waals surface area contributed by atoms with Gasteiger partial charge in [-0.05, 0) is 43.1 Å². The second-order valence-electron chi connectivity index (χ2n) is 4.28. The number of unbranched alkanes of at least 4 members (excludes halogenated alkanes) is 1. The van der Waals surface area contributed by atoms with Gasteiger partial charge in [0.1, 0.15) is 5.75 Å². The van der Waals surface area contributed by atoms with Gasteiger partial charge < -0.3 is 15.8 Å². The van der Waals surface area contributed by atoms with Crippen molar-refractivity contribution in [2.24, 2.45) is 5.73 Å². The number of nitrogens with one attached hydrogen (secondary N) is 1. The van der Waals surface area contributed by atoms with Crippen LogP contribution in [-0.2, 0) is 11.2 Å². The largest absolute Gasteiger partial charge is 0.483 e. The molecule has 1 aromatic rings. The molecule has 0 unspecified atom stereocenters. The Balaban J connectivity index is 2.50. The summed E-state index contributed by atoms with van der Waals surface area (Å²) in [6, 6.07) is 5.72. The number of benzene rings is 1. The molecule has 3 N–H and O–H groups in total. The molecule has 5 heteroatoms. The molecule has 1 rings (SSSR count). The van der Waals surface area contributed by atoms with Crippen LogP contribution >= 0.6 is 15.9 Å². The van der Waals surface area contributed by atoms with Crippen molar-refractivity contribution in [1.29, 1.82) is 0 Å². The molecule has 0 radical (unpaired) electrons. The van der Waals surface area contributed by atoms with E-state index in [-0.39, 0.29) is 12.5 Å². The monoisotopic (exact) mass is 328 g/mol. The van der Waals surface area contributed by atoms with Crippen LogP contribution in [-0.4, -0.2) is 25.6 Å². The van der Waals surface area contributed by atoms with E-state index in [0.717, 1.165) is 35.0 Å². The van der Waals surface area contributed by atoms with Crippen LogP contribution in [0.4, 0.5) is 0 Å². The molecule has 0 aliphatic rings. The van der Waals surface area contributed by atoms with E-state index in [1.165, 1.54) is 0 Å². The Labute approximate surface area is 122 Å². The second-order valence-corrected chi connectivity index (χ2v) is 5.20. The SMILES string of the molecule is CCCCNC(=O)COc1ccc(Br)cc1CCN. The van der Waals surface area contributed by atoms with Gasteiger partial charge in [0, 0.05) is 11.0 Å². The molecule has 1 amide bonds. The predicted molar refractivity (Wildman–Crippen MR) is 80.3 cm³/mol. The number of amides is 1. The molecule has 0 saturated carbocycles. The highest BCUT2D eigenvalue weighted by molar-refractivity contribution is 9.10. The first-order valence-electron chi connectivity index (χ1n) is 6.55. The average molecular weight is 329 g/mol. The Kier molecular flexibility index (Phi) is 7.52. The number of nitrogens with two attached hydrogens (primary N) is 1. The third kappa shape index (κ3) is 6.07. The smallest absolute Gasteiger partial charge is 0.257 e. The van der Waals surface area contributed by atoms with E-state index in [9.17, 15) is 4.79 Å². The van der Waals surface area contributed by atoms with Gasteiger partial charge in [-0.25, -0.2) is 0 Å². The van der Waals surface area contributed by atoms with Gasteiger partial charge >= 0.3 is 0 Å². The fourth-order valence-electron chi connectivity index (χ4n) is 1.64. The minimum Gasteiger partial charge on any atom is -0.483 e. The van der Waals surface area contributed by atoms with Crippen LogP contribution in [0.3, 0.4) is 0 Å². The quantitative estimate of drug-likeness (QED) is 0.719. The van der Waals surface area contributed by atoms with Crippen LogP contribution in [0, 0.1) is 0 Å². The van der Waals surface area contributed by atoms with Crippen molar-refractivity contribution < 1.29 is 9.53 Å². The van der Waals surface area contributed by atoms with Crippen molar-refractivity contribution in [2.45, 2.75) is 26.2 Å². The highest BCUT2D eigenvalue weighted by atomic mass is 79.9. The second kappa shape index (κ2) is 8.93. The van der Waals surface area contributed by atoms with Crippen molar-refractivity contribution >= 4 is 21.8 Å². The summed E-state index contributed by atoms with van der Waals surface area (Å²) in [5, 5.41) is 2.82. The minimum atomic E-state index is -0.0879. The average Bonchev–Trinajstić information content (AvgIpc) is 2.38. The van der Waals surface area contributed by atoms with E-state index in [2.05, 4.69) is 28.2 Å². The molecular weight excluding hydrogens is 308 g/mol. The van der Waals surface area contributed by atoms with E-state index in [1.54, 1.807) is 0 Å². The third-order valence-corrected chi connectivity index (χ3v) is 3.14. The summed E-state index contributed by atoms with van der Waals surface area (Å²) in [5.41, 5.74) is 6.58. The standard InChI is InChI=1S/C14H21BrN2O2/c1-2-3-8-17-14(18)10-19-13-5-4-12(15)9-11(13)6-7-16/h4-5,9H,2-3,6-8,10,16H2,1H3,(H,17,18). The molecule has 0 atom stereocenters. The number of halogens is 1. The van der Waals surface area contributed by atoms with Crippen LogP contribution in [0.15, 0.2) is 22.7 Å². The zero-order valence-corrected chi connectivity index (χ0v) is 12.8. The van der Waals surface area contributed by atoms with E-state index < -0.39 is 0 Å². The van der Waals surface area contributed by atoms with Crippen molar-refractivity contribution in [3.8, 4) is 5.75 Å². The first-order chi connectivity index (χ1) is 9.17. The van der Waals surface area contributed by atoms with Crippen LogP contribution in [0.5, 0.6) is 5.75 Å². The summed E-state index contributed by atoms with van der Waals surface area (Å²) in [6.45, 7) is 3.39. The Morgan fingerprint density at radius 3 is 2.95 bits per heavy atom. The third-order valence-electron chi connectivity index (χ3n) is 2.65. The Bertz CT molecular complexity index is 410. The molecule has 0 heterocycles. The molecule has 19 heavy (non-hydrogen) atoms. The van der Waals surface area contributed by atoms with Crippen molar-refractivity contribution in [3.63, 3.8) is 0 Å². The first kappa shape index (κ1) is 16.0. The minimum absolute atomic E-state index is 0.0446. The maximum Gasteiger partial charge on any atom is 0.257 e. The van der Waals surface area contributed by atoms with E-state index in [4.69, 9.17) is 10.5 Å². The summed E-state index contributed by atoms with van der Waals surface area (Å²) >= 11 is 3.41. The van der Waals surface area contributed by atoms with Gasteiger partial charge in [-0.15, -0.1) is 0 Å². The fraction of sp³-hybridized carbons (Fsp3) is 0.500. The van der Waals surface area contributed by atoms with Gasteiger partial charge in [0.2, 0.25) is 0 Å². The molecule has 0 aromatic heterocycles. The van der Waals surface area contributed by atoms with Crippen molar-refractivity contribution in [1.82, 2.24) is 5.32 Å². The van der Waals surface area contributed by atoms with E-state index in [0.29, 0.717) is 13.1 Å². The van der Waals surface area contributed by atoms with E-state index in [1.807, 2.05) is 18.2 Å². The van der Waals surface area contributed by atoms with Crippen LogP contribution in [0.2, 0.25) is 0 Å². The molecule has 0 aliphatic heterocycles. The lowest BCUT2D eigenvalue weighted by atomic mass is 10.1. The molecule has 0 spiro atoms. The maximum absolute atomic E-state index is 11.6. The number of carbonyl (C=O) groups is 1. The lowest BCUT2D eigenvalue weighted by Gasteiger charge is -2.11. The van der Waals surface area contributed by atoms with Crippen molar-refractivity contribution in [3.05, 3.63) is 28.2 Å². The lowest BCUT2D eigenvalue weighted by Crippen LogP contribution is -2.29. The lowest BCUT2D eigenvalue weighted by molar-refractivity contribution is -0.123. The van der Waals surface area contributed by atoms with Crippen LogP contribution < -0.4 is 15.8 Å². The van der Waals surface area contributed by atoms with Gasteiger partial charge in [-0.2, -0.15) is 0 Å². The fourth-order valence-corrected chi connectivity index (χ4v) is 2.05. The molecule has 0 saturated heterocycles. The van der Waals surface area contributed by atoms with Gasteiger partial charge in [-0.1, -0.05) is 29.3 Å². The molecule has 0 bridgehead atoms. The summed E-state index contributed by atoms with van der Waals surface area (Å²) in [7, 11) is 0. The number of hydrogen-bond donors (Lipinski definition) is 2. The predicted octanol–water partition coefficient (Wildman–Crippen LogP) is 2.25. The number of hydrogen-bond acceptors (Lipinski definition) is 3. The Morgan fingerprint density at radius 2 is 2.26 bits per heavy atom. The molecule has 0 aliphatic carbocycles. The molecule has 106 valence electrons. The number of ether oxygens (including phenoxy) is 1.